The second-order valence-corrected chi connectivity index (χ2v) is 6.38. The van der Waals surface area contributed by atoms with Crippen molar-refractivity contribution in [2.75, 3.05) is 13.2 Å². The highest BCUT2D eigenvalue weighted by Gasteiger charge is 2.21. The summed E-state index contributed by atoms with van der Waals surface area (Å²) in [5.41, 5.74) is -0.0238. The van der Waals surface area contributed by atoms with Gasteiger partial charge in [-0.25, -0.2) is 12.8 Å². The molecule has 1 heterocycles. The molecular formula is C10H10ClFO4S. The molecule has 4 nitrogen and oxygen atoms in total. The fourth-order valence-electron chi connectivity index (χ4n) is 1.54. The summed E-state index contributed by atoms with van der Waals surface area (Å²) in [5.74, 6) is -1.05. The van der Waals surface area contributed by atoms with Crippen molar-refractivity contribution in [2.24, 2.45) is 0 Å². The van der Waals surface area contributed by atoms with Crippen LogP contribution >= 0.6 is 10.7 Å². The van der Waals surface area contributed by atoms with Crippen LogP contribution in [0.2, 0.25) is 0 Å². The van der Waals surface area contributed by atoms with Crippen LogP contribution < -0.4 is 9.47 Å². The molecule has 1 aliphatic heterocycles. The van der Waals surface area contributed by atoms with E-state index in [0.717, 1.165) is 0 Å². The average Bonchev–Trinajstić information content (AvgIpc) is 2.46. The first kappa shape index (κ1) is 12.4. The van der Waals surface area contributed by atoms with Crippen LogP contribution in [0.4, 0.5) is 4.39 Å². The third-order valence-electron chi connectivity index (χ3n) is 2.26. The molecule has 0 radical (unpaired) electrons. The normalized spacial score (nSPS) is 15.4. The van der Waals surface area contributed by atoms with Gasteiger partial charge in [-0.3, -0.25) is 0 Å². The summed E-state index contributed by atoms with van der Waals surface area (Å²) in [4.78, 5) is 0. The molecule has 94 valence electrons. The summed E-state index contributed by atoms with van der Waals surface area (Å²) in [6, 6.07) is 2.82. The van der Waals surface area contributed by atoms with Crippen molar-refractivity contribution in [3.8, 4) is 11.5 Å². The number of benzene rings is 1. The van der Waals surface area contributed by atoms with E-state index in [9.17, 15) is 12.8 Å². The van der Waals surface area contributed by atoms with Gasteiger partial charge >= 0.3 is 0 Å². The maximum Gasteiger partial charge on any atom is 0.236 e. The predicted molar refractivity (Wildman–Crippen MR) is 60.5 cm³/mol. The second-order valence-electron chi connectivity index (χ2n) is 3.60. The molecule has 0 atom stereocenters. The molecule has 0 unspecified atom stereocenters. The topological polar surface area (TPSA) is 52.6 Å². The van der Waals surface area contributed by atoms with E-state index in [4.69, 9.17) is 20.2 Å². The molecule has 2 rings (SSSR count). The molecule has 0 N–H and O–H groups in total. The van der Waals surface area contributed by atoms with Crippen LogP contribution in [-0.2, 0) is 14.8 Å². The summed E-state index contributed by atoms with van der Waals surface area (Å²) >= 11 is 0. The van der Waals surface area contributed by atoms with Gasteiger partial charge in [0.1, 0.15) is 0 Å². The summed E-state index contributed by atoms with van der Waals surface area (Å²) in [5, 5.41) is 0. The zero-order valence-electron chi connectivity index (χ0n) is 8.78. The van der Waals surface area contributed by atoms with Crippen LogP contribution in [0.15, 0.2) is 12.1 Å². The lowest BCUT2D eigenvalue weighted by Gasteiger charge is -2.10. The molecule has 0 fully saturated rings. The molecule has 0 bridgehead atoms. The highest BCUT2D eigenvalue weighted by molar-refractivity contribution is 8.13. The van der Waals surface area contributed by atoms with Crippen molar-refractivity contribution in [1.82, 2.24) is 0 Å². The molecule has 1 aromatic rings. The van der Waals surface area contributed by atoms with Crippen LogP contribution in [0, 0.1) is 5.82 Å². The lowest BCUT2D eigenvalue weighted by molar-refractivity contribution is 0.292. The monoisotopic (exact) mass is 280 g/mol. The van der Waals surface area contributed by atoms with Gasteiger partial charge in [0.25, 0.3) is 0 Å². The van der Waals surface area contributed by atoms with E-state index in [1.807, 2.05) is 0 Å². The Bertz CT molecular complexity index is 529. The first-order valence-corrected chi connectivity index (χ1v) is 7.44. The highest BCUT2D eigenvalue weighted by atomic mass is 35.7. The van der Waals surface area contributed by atoms with Gasteiger partial charge in [0, 0.05) is 22.7 Å². The standard InChI is InChI=1S/C10H10ClFO4S/c11-17(13,14)6-7-2-3-8-10(9(7)12)16-5-1-4-15-8/h2-3H,1,4-6H2. The van der Waals surface area contributed by atoms with Gasteiger partial charge in [-0.15, -0.1) is 0 Å². The van der Waals surface area contributed by atoms with E-state index in [0.29, 0.717) is 19.6 Å². The van der Waals surface area contributed by atoms with Crippen LogP contribution in [0.25, 0.3) is 0 Å². The molecule has 0 saturated carbocycles. The molecule has 0 saturated heterocycles. The minimum Gasteiger partial charge on any atom is -0.489 e. The van der Waals surface area contributed by atoms with Gasteiger partial charge in [0.05, 0.1) is 19.0 Å². The van der Waals surface area contributed by atoms with Crippen LogP contribution in [-0.4, -0.2) is 21.6 Å². The number of halogens is 2. The SMILES string of the molecule is O=S(=O)(Cl)Cc1ccc2c(c1F)OCCCO2. The Morgan fingerprint density at radius 2 is 2.00 bits per heavy atom. The van der Waals surface area contributed by atoms with Crippen LogP contribution in [0.3, 0.4) is 0 Å². The number of ether oxygens (including phenoxy) is 2. The van der Waals surface area contributed by atoms with E-state index in [2.05, 4.69) is 0 Å². The highest BCUT2D eigenvalue weighted by Crippen LogP contribution is 2.35. The number of hydrogen-bond donors (Lipinski definition) is 0. The Morgan fingerprint density at radius 3 is 2.71 bits per heavy atom. The first-order chi connectivity index (χ1) is 7.97. The third-order valence-corrected chi connectivity index (χ3v) is 3.24. The number of fused-ring (bicyclic) bond motifs is 1. The van der Waals surface area contributed by atoms with E-state index >= 15 is 0 Å². The lowest BCUT2D eigenvalue weighted by atomic mass is 10.2. The van der Waals surface area contributed by atoms with Gasteiger partial charge < -0.3 is 9.47 Å². The smallest absolute Gasteiger partial charge is 0.236 e. The quantitative estimate of drug-likeness (QED) is 0.778. The minimum absolute atomic E-state index is 0.0238. The van der Waals surface area contributed by atoms with Crippen molar-refractivity contribution in [1.29, 1.82) is 0 Å². The number of hydrogen-bond acceptors (Lipinski definition) is 4. The van der Waals surface area contributed by atoms with Gasteiger partial charge in [-0.05, 0) is 6.07 Å². The molecule has 7 heteroatoms. The Labute approximate surface area is 103 Å². The maximum atomic E-state index is 13.9. The Kier molecular flexibility index (Phi) is 3.44. The van der Waals surface area contributed by atoms with Crippen LogP contribution in [0.5, 0.6) is 11.5 Å². The lowest BCUT2D eigenvalue weighted by Crippen LogP contribution is -2.02. The summed E-state index contributed by atoms with van der Waals surface area (Å²) in [6.45, 7) is 0.778. The molecule has 1 aromatic carbocycles. The summed E-state index contributed by atoms with van der Waals surface area (Å²) in [6.07, 6.45) is 0.650. The first-order valence-electron chi connectivity index (χ1n) is 4.97. The van der Waals surface area contributed by atoms with Crippen molar-refractivity contribution in [3.63, 3.8) is 0 Å². The molecule has 0 aliphatic carbocycles. The van der Waals surface area contributed by atoms with Gasteiger partial charge in [0.15, 0.2) is 17.3 Å². The summed E-state index contributed by atoms with van der Waals surface area (Å²) in [7, 11) is 1.29. The minimum atomic E-state index is -3.80. The fourth-order valence-corrected chi connectivity index (χ4v) is 2.49. The van der Waals surface area contributed by atoms with Gasteiger partial charge in [-0.2, -0.15) is 0 Å². The predicted octanol–water partition coefficient (Wildman–Crippen LogP) is 2.06. The second kappa shape index (κ2) is 4.70. The zero-order chi connectivity index (χ0) is 12.5. The Morgan fingerprint density at radius 1 is 1.29 bits per heavy atom. The fraction of sp³-hybridized carbons (Fsp3) is 0.400. The van der Waals surface area contributed by atoms with Crippen molar-refractivity contribution in [3.05, 3.63) is 23.5 Å². The Hall–Kier alpha value is -1.01. The van der Waals surface area contributed by atoms with Crippen molar-refractivity contribution >= 4 is 19.7 Å². The average molecular weight is 281 g/mol. The largest absolute Gasteiger partial charge is 0.489 e. The van der Waals surface area contributed by atoms with Crippen molar-refractivity contribution in [2.45, 2.75) is 12.2 Å². The molecule has 1 aliphatic rings. The summed E-state index contributed by atoms with van der Waals surface area (Å²) < 4.78 is 46.2. The van der Waals surface area contributed by atoms with E-state index < -0.39 is 20.6 Å². The van der Waals surface area contributed by atoms with E-state index in [-0.39, 0.29) is 17.1 Å². The van der Waals surface area contributed by atoms with Gasteiger partial charge in [-0.1, -0.05) is 6.07 Å². The number of rotatable bonds is 2. The van der Waals surface area contributed by atoms with E-state index in [1.165, 1.54) is 12.1 Å². The molecular weight excluding hydrogens is 271 g/mol. The zero-order valence-corrected chi connectivity index (χ0v) is 10.4. The molecule has 0 spiro atoms. The molecule has 17 heavy (non-hydrogen) atoms. The molecule has 0 aromatic heterocycles. The van der Waals surface area contributed by atoms with Gasteiger partial charge in [0.2, 0.25) is 9.05 Å². The maximum absolute atomic E-state index is 13.9. The Balaban J connectivity index is 2.41. The van der Waals surface area contributed by atoms with Crippen molar-refractivity contribution < 1.29 is 22.3 Å². The third kappa shape index (κ3) is 3.01. The van der Waals surface area contributed by atoms with Crippen LogP contribution in [0.1, 0.15) is 12.0 Å². The van der Waals surface area contributed by atoms with E-state index in [1.54, 1.807) is 0 Å². The molecule has 0 amide bonds.